The lowest BCUT2D eigenvalue weighted by atomic mass is 10.1. The number of fused-ring (bicyclic) bond motifs is 1. The van der Waals surface area contributed by atoms with Gasteiger partial charge in [-0.3, -0.25) is 9.59 Å². The van der Waals surface area contributed by atoms with Crippen molar-refractivity contribution in [3.8, 4) is 0 Å². The minimum absolute atomic E-state index is 0.0825. The number of rotatable bonds is 3. The number of hydrogen-bond acceptors (Lipinski definition) is 4. The minimum Gasteiger partial charge on any atom is -0.353 e. The van der Waals surface area contributed by atoms with Gasteiger partial charge in [0.15, 0.2) is 5.65 Å². The van der Waals surface area contributed by atoms with E-state index in [-0.39, 0.29) is 18.4 Å². The van der Waals surface area contributed by atoms with Crippen LogP contribution in [0.1, 0.15) is 27.2 Å². The van der Waals surface area contributed by atoms with Crippen molar-refractivity contribution in [2.75, 3.05) is 19.6 Å². The molecule has 1 saturated heterocycles. The van der Waals surface area contributed by atoms with Gasteiger partial charge in [-0.15, -0.1) is 0 Å². The second kappa shape index (κ2) is 6.83. The van der Waals surface area contributed by atoms with E-state index in [1.54, 1.807) is 17.2 Å². The highest BCUT2D eigenvalue weighted by atomic mass is 16.2. The third-order valence-corrected chi connectivity index (χ3v) is 4.75. The highest BCUT2D eigenvalue weighted by Crippen LogP contribution is 2.21. The Hall–Kier alpha value is -3.22. The minimum atomic E-state index is -0.157. The van der Waals surface area contributed by atoms with E-state index in [1.165, 1.54) is 5.56 Å². The summed E-state index contributed by atoms with van der Waals surface area (Å²) < 4.78 is 1.81. The van der Waals surface area contributed by atoms with Crippen molar-refractivity contribution in [3.05, 3.63) is 58.9 Å². The van der Waals surface area contributed by atoms with Crippen LogP contribution in [0.2, 0.25) is 0 Å². The van der Waals surface area contributed by atoms with E-state index >= 15 is 0 Å². The molecule has 7 heteroatoms. The van der Waals surface area contributed by atoms with Crippen molar-refractivity contribution in [2.24, 2.45) is 0 Å². The molecule has 0 saturated carbocycles. The van der Waals surface area contributed by atoms with Crippen LogP contribution < -0.4 is 5.32 Å². The molecule has 1 aliphatic heterocycles. The fourth-order valence-corrected chi connectivity index (χ4v) is 3.31. The third-order valence-electron chi connectivity index (χ3n) is 4.75. The summed E-state index contributed by atoms with van der Waals surface area (Å²) in [7, 11) is 0. The molecule has 1 N–H and O–H groups in total. The van der Waals surface area contributed by atoms with Crippen LogP contribution in [-0.4, -0.2) is 51.1 Å². The molecule has 1 aromatic carbocycles. The Labute approximate surface area is 157 Å². The number of benzene rings is 1. The number of nitrogens with one attached hydrogen (secondary N) is 1. The van der Waals surface area contributed by atoms with Gasteiger partial charge in [-0.25, -0.2) is 9.67 Å². The predicted octanol–water partition coefficient (Wildman–Crippen LogP) is 1.67. The highest BCUT2D eigenvalue weighted by molar-refractivity contribution is 6.06. The number of aromatic nitrogens is 3. The van der Waals surface area contributed by atoms with Crippen LogP contribution in [0.4, 0.5) is 0 Å². The topological polar surface area (TPSA) is 80.1 Å². The number of amides is 2. The van der Waals surface area contributed by atoms with Gasteiger partial charge in [-0.1, -0.05) is 29.8 Å². The molecule has 138 valence electrons. The molecule has 3 aromatic rings. The summed E-state index contributed by atoms with van der Waals surface area (Å²) in [6.45, 7) is 5.56. The van der Waals surface area contributed by atoms with Gasteiger partial charge in [0.25, 0.3) is 5.91 Å². The summed E-state index contributed by atoms with van der Waals surface area (Å²) in [6, 6.07) is 10.0. The molecule has 7 nitrogen and oxygen atoms in total. The van der Waals surface area contributed by atoms with Crippen LogP contribution in [0.15, 0.2) is 36.5 Å². The van der Waals surface area contributed by atoms with Gasteiger partial charge in [0.2, 0.25) is 5.91 Å². The number of nitrogens with zero attached hydrogens (tertiary/aromatic N) is 4. The normalized spacial score (nSPS) is 14.4. The van der Waals surface area contributed by atoms with Crippen LogP contribution in [0.3, 0.4) is 0 Å². The molecular formula is C20H21N5O2. The summed E-state index contributed by atoms with van der Waals surface area (Å²) >= 11 is 0. The van der Waals surface area contributed by atoms with Gasteiger partial charge in [-0.2, -0.15) is 5.10 Å². The summed E-state index contributed by atoms with van der Waals surface area (Å²) in [5.74, 6) is -0.290. The van der Waals surface area contributed by atoms with Crippen LogP contribution in [0.25, 0.3) is 11.0 Å². The zero-order valence-electron chi connectivity index (χ0n) is 15.4. The zero-order valence-corrected chi connectivity index (χ0v) is 15.4. The molecule has 0 unspecified atom stereocenters. The van der Waals surface area contributed by atoms with Gasteiger partial charge in [-0.05, 0) is 25.5 Å². The first-order valence-corrected chi connectivity index (χ1v) is 8.96. The maximum atomic E-state index is 13.0. The summed E-state index contributed by atoms with van der Waals surface area (Å²) in [4.78, 5) is 30.8. The summed E-state index contributed by atoms with van der Waals surface area (Å²) in [5, 5.41) is 7.91. The number of piperazine rings is 1. The second-order valence-corrected chi connectivity index (χ2v) is 6.91. The first-order chi connectivity index (χ1) is 13.0. The Morgan fingerprint density at radius 3 is 2.74 bits per heavy atom. The van der Waals surface area contributed by atoms with E-state index in [0.717, 1.165) is 11.3 Å². The van der Waals surface area contributed by atoms with Crippen molar-refractivity contribution in [1.82, 2.24) is 25.0 Å². The van der Waals surface area contributed by atoms with Gasteiger partial charge in [0.05, 0.1) is 30.2 Å². The van der Waals surface area contributed by atoms with E-state index < -0.39 is 0 Å². The van der Waals surface area contributed by atoms with Crippen molar-refractivity contribution in [2.45, 2.75) is 20.4 Å². The molecule has 2 amide bonds. The van der Waals surface area contributed by atoms with E-state index in [1.807, 2.05) is 11.6 Å². The van der Waals surface area contributed by atoms with E-state index in [0.29, 0.717) is 36.2 Å². The first-order valence-electron chi connectivity index (χ1n) is 8.96. The van der Waals surface area contributed by atoms with E-state index in [4.69, 9.17) is 0 Å². The maximum absolute atomic E-state index is 13.0. The molecule has 0 bridgehead atoms. The molecule has 0 aliphatic carbocycles. The summed E-state index contributed by atoms with van der Waals surface area (Å²) in [6.07, 6.45) is 1.69. The van der Waals surface area contributed by atoms with E-state index in [2.05, 4.69) is 46.6 Å². The molecule has 0 atom stereocenters. The molecule has 4 rings (SSSR count). The first kappa shape index (κ1) is 17.2. The molecule has 27 heavy (non-hydrogen) atoms. The lowest BCUT2D eigenvalue weighted by molar-refractivity contribution is -0.123. The Morgan fingerprint density at radius 2 is 2.00 bits per heavy atom. The standard InChI is InChI=1S/C20H21N5O2/c1-13-3-5-15(6-4-13)11-25-19-17(10-22-25)16(9-14(2)23-19)20(27)24-8-7-21-18(26)12-24/h3-6,9-10H,7-8,11-12H2,1-2H3,(H,21,26). The number of carbonyl (C=O) groups excluding carboxylic acids is 2. The van der Waals surface area contributed by atoms with Gasteiger partial charge < -0.3 is 10.2 Å². The molecular weight excluding hydrogens is 342 g/mol. The van der Waals surface area contributed by atoms with Crippen LogP contribution >= 0.6 is 0 Å². The number of aryl methyl sites for hydroxylation is 2. The number of carbonyl (C=O) groups is 2. The van der Waals surface area contributed by atoms with Crippen molar-refractivity contribution < 1.29 is 9.59 Å². The lowest BCUT2D eigenvalue weighted by Gasteiger charge is -2.26. The Balaban J connectivity index is 1.70. The smallest absolute Gasteiger partial charge is 0.255 e. The Bertz CT molecular complexity index is 1020. The van der Waals surface area contributed by atoms with E-state index in [9.17, 15) is 9.59 Å². The van der Waals surface area contributed by atoms with Gasteiger partial charge in [0.1, 0.15) is 0 Å². The molecule has 0 radical (unpaired) electrons. The molecule has 3 heterocycles. The highest BCUT2D eigenvalue weighted by Gasteiger charge is 2.25. The number of pyridine rings is 1. The van der Waals surface area contributed by atoms with Crippen LogP contribution in [0.5, 0.6) is 0 Å². The van der Waals surface area contributed by atoms with Gasteiger partial charge >= 0.3 is 0 Å². The average molecular weight is 363 g/mol. The quantitative estimate of drug-likeness (QED) is 0.768. The van der Waals surface area contributed by atoms with Crippen molar-refractivity contribution in [3.63, 3.8) is 0 Å². The lowest BCUT2D eigenvalue weighted by Crippen LogP contribution is -2.50. The number of hydrogen-bond donors (Lipinski definition) is 1. The molecule has 0 spiro atoms. The average Bonchev–Trinajstić information content (AvgIpc) is 3.05. The van der Waals surface area contributed by atoms with Gasteiger partial charge in [0, 0.05) is 18.8 Å². The SMILES string of the molecule is Cc1ccc(Cn2ncc3c(C(=O)N4CCNC(=O)C4)cc(C)nc32)cc1. The third kappa shape index (κ3) is 3.40. The molecule has 2 aromatic heterocycles. The van der Waals surface area contributed by atoms with Crippen molar-refractivity contribution >= 4 is 22.8 Å². The van der Waals surface area contributed by atoms with Crippen molar-refractivity contribution in [1.29, 1.82) is 0 Å². The Morgan fingerprint density at radius 1 is 1.22 bits per heavy atom. The summed E-state index contributed by atoms with van der Waals surface area (Å²) in [5.41, 5.74) is 4.30. The monoisotopic (exact) mass is 363 g/mol. The fraction of sp³-hybridized carbons (Fsp3) is 0.300. The Kier molecular flexibility index (Phi) is 4.35. The maximum Gasteiger partial charge on any atom is 0.255 e. The fourth-order valence-electron chi connectivity index (χ4n) is 3.31. The predicted molar refractivity (Wildman–Crippen MR) is 101 cm³/mol. The second-order valence-electron chi connectivity index (χ2n) is 6.91. The zero-order chi connectivity index (χ0) is 19.0. The van der Waals surface area contributed by atoms with Crippen LogP contribution in [-0.2, 0) is 11.3 Å². The van der Waals surface area contributed by atoms with Crippen LogP contribution in [0, 0.1) is 13.8 Å². The molecule has 1 fully saturated rings. The largest absolute Gasteiger partial charge is 0.353 e. The molecule has 1 aliphatic rings.